The molecule has 0 bridgehead atoms. The minimum absolute atomic E-state index is 0.0156. The Morgan fingerprint density at radius 1 is 0.842 bits per heavy atom. The van der Waals surface area contributed by atoms with Crippen LogP contribution in [0.15, 0.2) is 12.3 Å². The number of nitrogens with one attached hydrogen (secondary N) is 1. The fraction of sp³-hybridized carbons (Fsp3) is 0.522. The van der Waals surface area contributed by atoms with E-state index in [9.17, 15) is 28.8 Å². The summed E-state index contributed by atoms with van der Waals surface area (Å²) in [4.78, 5) is 75.9. The SMILES string of the molecule is COc1ccnc(C(=O)NC2OC(COC(C)=O)C(OC(C)=O)C(OC(C)=O)C2OC(C)=O)c1OC(C)=O. The highest BCUT2D eigenvalue weighted by atomic mass is 16.7. The quantitative estimate of drug-likeness (QED) is 0.320. The lowest BCUT2D eigenvalue weighted by Gasteiger charge is -2.44. The Balaban J connectivity index is 2.53. The van der Waals surface area contributed by atoms with Gasteiger partial charge >= 0.3 is 29.8 Å². The summed E-state index contributed by atoms with van der Waals surface area (Å²) < 4.78 is 36.9. The van der Waals surface area contributed by atoms with Crippen molar-refractivity contribution >= 4 is 35.8 Å². The fourth-order valence-corrected chi connectivity index (χ4v) is 3.54. The Bertz CT molecular complexity index is 1090. The van der Waals surface area contributed by atoms with E-state index in [2.05, 4.69) is 10.3 Å². The molecular formula is C23H28N2O13. The highest BCUT2D eigenvalue weighted by Crippen LogP contribution is 2.31. The number of hydrogen-bond acceptors (Lipinski definition) is 14. The van der Waals surface area contributed by atoms with Crippen molar-refractivity contribution in [1.82, 2.24) is 10.3 Å². The molecule has 1 aromatic rings. The van der Waals surface area contributed by atoms with Crippen molar-refractivity contribution < 1.29 is 61.9 Å². The molecule has 0 saturated carbocycles. The van der Waals surface area contributed by atoms with Gasteiger partial charge in [-0.25, -0.2) is 4.98 Å². The first kappa shape index (κ1) is 30.0. The van der Waals surface area contributed by atoms with E-state index in [1.165, 1.54) is 19.4 Å². The predicted octanol–water partition coefficient (Wildman–Crippen LogP) is -0.172. The first-order valence-electron chi connectivity index (χ1n) is 11.2. The Morgan fingerprint density at radius 3 is 1.95 bits per heavy atom. The summed E-state index contributed by atoms with van der Waals surface area (Å²) >= 11 is 0. The van der Waals surface area contributed by atoms with Crippen LogP contribution in [0.4, 0.5) is 0 Å². The van der Waals surface area contributed by atoms with Crippen molar-refractivity contribution in [3.63, 3.8) is 0 Å². The van der Waals surface area contributed by atoms with Crippen LogP contribution in [0.25, 0.3) is 0 Å². The highest BCUT2D eigenvalue weighted by molar-refractivity contribution is 5.96. The van der Waals surface area contributed by atoms with Gasteiger partial charge in [0, 0.05) is 46.9 Å². The van der Waals surface area contributed by atoms with E-state index in [0.717, 1.165) is 34.6 Å². The number of amides is 1. The van der Waals surface area contributed by atoms with Gasteiger partial charge in [0.05, 0.1) is 7.11 Å². The zero-order valence-corrected chi connectivity index (χ0v) is 21.5. The van der Waals surface area contributed by atoms with Gasteiger partial charge < -0.3 is 38.5 Å². The van der Waals surface area contributed by atoms with Crippen molar-refractivity contribution in [2.75, 3.05) is 13.7 Å². The van der Waals surface area contributed by atoms with Gasteiger partial charge in [0.2, 0.25) is 5.75 Å². The maximum atomic E-state index is 13.3. The molecule has 0 aliphatic carbocycles. The molecule has 0 spiro atoms. The van der Waals surface area contributed by atoms with E-state index in [1.807, 2.05) is 0 Å². The minimum Gasteiger partial charge on any atom is -0.493 e. The van der Waals surface area contributed by atoms with Crippen LogP contribution in [-0.2, 0) is 47.7 Å². The fourth-order valence-electron chi connectivity index (χ4n) is 3.54. The summed E-state index contributed by atoms with van der Waals surface area (Å²) in [5.74, 6) is -5.22. The van der Waals surface area contributed by atoms with Crippen LogP contribution in [0, 0.1) is 0 Å². The summed E-state index contributed by atoms with van der Waals surface area (Å²) in [6, 6.07) is 1.35. The molecule has 2 rings (SSSR count). The van der Waals surface area contributed by atoms with Gasteiger partial charge in [-0.15, -0.1) is 0 Å². The molecule has 5 atom stereocenters. The molecular weight excluding hydrogens is 512 g/mol. The first-order chi connectivity index (χ1) is 17.8. The Morgan fingerprint density at radius 2 is 1.42 bits per heavy atom. The average molecular weight is 540 g/mol. The third-order valence-electron chi connectivity index (χ3n) is 4.81. The van der Waals surface area contributed by atoms with E-state index in [0.29, 0.717) is 0 Å². The number of hydrogen-bond donors (Lipinski definition) is 1. The second-order valence-corrected chi connectivity index (χ2v) is 7.88. The van der Waals surface area contributed by atoms with Crippen LogP contribution < -0.4 is 14.8 Å². The number of rotatable bonds is 9. The number of aromatic nitrogens is 1. The highest BCUT2D eigenvalue weighted by Gasteiger charge is 2.52. The molecule has 208 valence electrons. The van der Waals surface area contributed by atoms with Gasteiger partial charge in [0.15, 0.2) is 36.0 Å². The zero-order valence-electron chi connectivity index (χ0n) is 21.5. The molecule has 1 fully saturated rings. The van der Waals surface area contributed by atoms with Crippen LogP contribution >= 0.6 is 0 Å². The molecule has 2 heterocycles. The number of carbonyl (C=O) groups excluding carboxylic acids is 6. The number of carbonyl (C=O) groups is 6. The van der Waals surface area contributed by atoms with Gasteiger partial charge in [0.25, 0.3) is 5.91 Å². The van der Waals surface area contributed by atoms with Crippen LogP contribution in [0.2, 0.25) is 0 Å². The average Bonchev–Trinajstić information content (AvgIpc) is 2.80. The van der Waals surface area contributed by atoms with Crippen LogP contribution in [0.1, 0.15) is 45.1 Å². The van der Waals surface area contributed by atoms with E-state index in [1.54, 1.807) is 0 Å². The van der Waals surface area contributed by atoms with Crippen molar-refractivity contribution in [3.05, 3.63) is 18.0 Å². The minimum atomic E-state index is -1.55. The van der Waals surface area contributed by atoms with Crippen molar-refractivity contribution in [1.29, 1.82) is 0 Å². The van der Waals surface area contributed by atoms with Gasteiger partial charge in [-0.1, -0.05) is 0 Å². The lowest BCUT2D eigenvalue weighted by atomic mass is 9.97. The Hall–Kier alpha value is -4.27. The lowest BCUT2D eigenvalue weighted by molar-refractivity contribution is -0.255. The summed E-state index contributed by atoms with van der Waals surface area (Å²) in [6.07, 6.45) is -6.06. The zero-order chi connectivity index (χ0) is 28.6. The molecule has 1 N–H and O–H groups in total. The van der Waals surface area contributed by atoms with Gasteiger partial charge in [-0.3, -0.25) is 28.8 Å². The second-order valence-electron chi connectivity index (χ2n) is 7.88. The molecule has 1 aromatic heterocycles. The van der Waals surface area contributed by atoms with Crippen LogP contribution in [-0.4, -0.2) is 85.1 Å². The predicted molar refractivity (Wildman–Crippen MR) is 122 cm³/mol. The van der Waals surface area contributed by atoms with E-state index < -0.39 is 78.7 Å². The smallest absolute Gasteiger partial charge is 0.308 e. The monoisotopic (exact) mass is 540 g/mol. The van der Waals surface area contributed by atoms with Crippen molar-refractivity contribution in [3.8, 4) is 11.5 Å². The van der Waals surface area contributed by atoms with E-state index in [4.69, 9.17) is 33.2 Å². The summed E-state index contributed by atoms with van der Waals surface area (Å²) in [6.45, 7) is 4.93. The molecule has 1 saturated heterocycles. The summed E-state index contributed by atoms with van der Waals surface area (Å²) in [5.41, 5.74) is -0.396. The van der Waals surface area contributed by atoms with Gasteiger partial charge in [0.1, 0.15) is 12.7 Å². The standard InChI is InChI=1S/C23H28N2O13/c1-10(26)33-9-16-19(35-12(3)28)20(36-13(4)29)21(37-14(5)30)23(38-16)25-22(31)17-18(34-11(2)27)15(32-6)7-8-24-17/h7-8,16,19-21,23H,9H2,1-6H3,(H,25,31). The molecule has 5 unspecified atom stereocenters. The maximum Gasteiger partial charge on any atom is 0.308 e. The number of pyridine rings is 1. The Kier molecular flexibility index (Phi) is 10.5. The maximum absolute atomic E-state index is 13.3. The van der Waals surface area contributed by atoms with Crippen molar-refractivity contribution in [2.45, 2.75) is 65.3 Å². The Labute approximate surface area is 217 Å². The number of esters is 5. The molecule has 1 amide bonds. The summed E-state index contributed by atoms with van der Waals surface area (Å²) in [5, 5.41) is 2.43. The van der Waals surface area contributed by atoms with Gasteiger partial charge in [-0.05, 0) is 0 Å². The van der Waals surface area contributed by atoms with E-state index >= 15 is 0 Å². The first-order valence-corrected chi connectivity index (χ1v) is 11.2. The van der Waals surface area contributed by atoms with Crippen LogP contribution in [0.3, 0.4) is 0 Å². The number of methoxy groups -OCH3 is 1. The molecule has 0 aromatic carbocycles. The van der Waals surface area contributed by atoms with Gasteiger partial charge in [-0.2, -0.15) is 0 Å². The number of nitrogens with zero attached hydrogens (tertiary/aromatic N) is 1. The molecule has 15 heteroatoms. The number of ether oxygens (including phenoxy) is 7. The topological polar surface area (TPSA) is 192 Å². The van der Waals surface area contributed by atoms with Crippen molar-refractivity contribution in [2.24, 2.45) is 0 Å². The third kappa shape index (κ3) is 8.12. The molecule has 1 aliphatic heterocycles. The third-order valence-corrected chi connectivity index (χ3v) is 4.81. The second kappa shape index (κ2) is 13.3. The molecule has 1 aliphatic rings. The largest absolute Gasteiger partial charge is 0.493 e. The lowest BCUT2D eigenvalue weighted by Crippen LogP contribution is -2.66. The molecule has 15 nitrogen and oxygen atoms in total. The molecule has 38 heavy (non-hydrogen) atoms. The summed E-state index contributed by atoms with van der Waals surface area (Å²) in [7, 11) is 1.28. The van der Waals surface area contributed by atoms with Crippen LogP contribution in [0.5, 0.6) is 11.5 Å². The normalized spacial score (nSPS) is 22.3. The van der Waals surface area contributed by atoms with E-state index in [-0.39, 0.29) is 11.5 Å². The molecule has 0 radical (unpaired) electrons.